The number of nitrogens with zero attached hydrogens (tertiary/aromatic N) is 1. The van der Waals surface area contributed by atoms with E-state index in [-0.39, 0.29) is 22.9 Å². The van der Waals surface area contributed by atoms with Crippen LogP contribution in [0.2, 0.25) is 0 Å². The van der Waals surface area contributed by atoms with Gasteiger partial charge < -0.3 is 16.3 Å². The highest BCUT2D eigenvalue weighted by molar-refractivity contribution is 7.91. The van der Waals surface area contributed by atoms with Gasteiger partial charge in [-0.3, -0.25) is 0 Å². The number of hydrogen-bond donors (Lipinski definition) is 3. The molecule has 6 nitrogen and oxygen atoms in total. The molecule has 1 saturated heterocycles. The summed E-state index contributed by atoms with van der Waals surface area (Å²) in [5.74, 6) is 0.659. The molecule has 1 heterocycles. The van der Waals surface area contributed by atoms with Gasteiger partial charge in [-0.2, -0.15) is 0 Å². The van der Waals surface area contributed by atoms with Crippen LogP contribution in [0.5, 0.6) is 0 Å². The van der Waals surface area contributed by atoms with Gasteiger partial charge in [0.2, 0.25) is 0 Å². The molecule has 1 aliphatic rings. The quantitative estimate of drug-likeness (QED) is 0.204. The smallest absolute Gasteiger partial charge is 0.152 e. The Balaban J connectivity index is 2.28. The Bertz CT molecular complexity index is 366. The third-order valence-corrected chi connectivity index (χ3v) is 4.70. The summed E-state index contributed by atoms with van der Waals surface area (Å²) >= 11 is 0. The molecular formula is C9H19N3O3S. The van der Waals surface area contributed by atoms with E-state index in [4.69, 9.17) is 10.9 Å². The van der Waals surface area contributed by atoms with Crippen molar-refractivity contribution in [2.24, 2.45) is 10.9 Å². The van der Waals surface area contributed by atoms with E-state index in [1.165, 1.54) is 0 Å². The molecule has 1 aliphatic heterocycles. The maximum atomic E-state index is 11.3. The van der Waals surface area contributed by atoms with Gasteiger partial charge in [-0.25, -0.2) is 8.42 Å². The van der Waals surface area contributed by atoms with Crippen LogP contribution in [0.3, 0.4) is 0 Å². The first-order chi connectivity index (χ1) is 7.37. The second-order valence-electron chi connectivity index (χ2n) is 4.52. The number of sulfone groups is 1. The highest BCUT2D eigenvalue weighted by Crippen LogP contribution is 2.22. The fourth-order valence-corrected chi connectivity index (χ4v) is 3.98. The van der Waals surface area contributed by atoms with E-state index in [1.807, 2.05) is 6.92 Å². The fraction of sp³-hybridized carbons (Fsp3) is 0.889. The van der Waals surface area contributed by atoms with Gasteiger partial charge in [0.1, 0.15) is 5.84 Å². The molecule has 0 aromatic rings. The zero-order valence-electron chi connectivity index (χ0n) is 9.44. The van der Waals surface area contributed by atoms with Gasteiger partial charge in [0.25, 0.3) is 0 Å². The van der Waals surface area contributed by atoms with Crippen LogP contribution in [-0.2, 0) is 9.84 Å². The minimum absolute atomic E-state index is 0.198. The van der Waals surface area contributed by atoms with Gasteiger partial charge in [-0.1, -0.05) is 5.16 Å². The second kappa shape index (κ2) is 5.01. The van der Waals surface area contributed by atoms with Crippen molar-refractivity contribution < 1.29 is 13.6 Å². The summed E-state index contributed by atoms with van der Waals surface area (Å²) in [6.45, 7) is 2.59. The zero-order chi connectivity index (χ0) is 12.2. The Morgan fingerprint density at radius 1 is 1.62 bits per heavy atom. The van der Waals surface area contributed by atoms with Crippen LogP contribution in [0, 0.1) is 0 Å². The van der Waals surface area contributed by atoms with Crippen molar-refractivity contribution in [2.75, 3.05) is 18.1 Å². The normalized spacial score (nSPS) is 29.4. The molecule has 1 unspecified atom stereocenters. The van der Waals surface area contributed by atoms with Crippen molar-refractivity contribution in [1.82, 2.24) is 5.32 Å². The molecule has 0 amide bonds. The van der Waals surface area contributed by atoms with E-state index in [9.17, 15) is 8.42 Å². The molecule has 0 aliphatic carbocycles. The summed E-state index contributed by atoms with van der Waals surface area (Å²) in [5.41, 5.74) is 5.00. The summed E-state index contributed by atoms with van der Waals surface area (Å²) in [5, 5.41) is 14.4. The van der Waals surface area contributed by atoms with Crippen LogP contribution >= 0.6 is 0 Å². The molecule has 94 valence electrons. The van der Waals surface area contributed by atoms with Gasteiger partial charge in [0.05, 0.1) is 11.5 Å². The SMILES string of the molecule is CC1(NCCCC(N)=NO)CCS(=O)(=O)C1. The molecule has 1 atom stereocenters. The summed E-state index contributed by atoms with van der Waals surface area (Å²) in [4.78, 5) is 0. The first-order valence-corrected chi connectivity index (χ1v) is 7.11. The molecule has 4 N–H and O–H groups in total. The first-order valence-electron chi connectivity index (χ1n) is 5.29. The number of nitrogens with two attached hydrogens (primary N) is 1. The maximum absolute atomic E-state index is 11.3. The topological polar surface area (TPSA) is 105 Å². The minimum atomic E-state index is -2.86. The molecule has 1 fully saturated rings. The molecule has 0 aromatic carbocycles. The van der Waals surface area contributed by atoms with Crippen LogP contribution in [0.15, 0.2) is 5.16 Å². The van der Waals surface area contributed by atoms with Gasteiger partial charge in [-0.15, -0.1) is 0 Å². The van der Waals surface area contributed by atoms with Gasteiger partial charge >= 0.3 is 0 Å². The van der Waals surface area contributed by atoms with E-state index in [2.05, 4.69) is 10.5 Å². The van der Waals surface area contributed by atoms with E-state index >= 15 is 0 Å². The average Bonchev–Trinajstić information content (AvgIpc) is 2.48. The third kappa shape index (κ3) is 3.97. The Morgan fingerprint density at radius 3 is 2.81 bits per heavy atom. The van der Waals surface area contributed by atoms with Crippen molar-refractivity contribution in [1.29, 1.82) is 0 Å². The monoisotopic (exact) mass is 249 g/mol. The molecule has 0 spiro atoms. The standard InChI is InChI=1S/C9H19N3O3S/c1-9(4-6-16(14,15)7-9)11-5-2-3-8(10)12-13/h11,13H,2-7H2,1H3,(H2,10,12). The lowest BCUT2D eigenvalue weighted by atomic mass is 10.0. The first kappa shape index (κ1) is 13.2. The van der Waals surface area contributed by atoms with Crippen molar-refractivity contribution in [3.8, 4) is 0 Å². The van der Waals surface area contributed by atoms with Crippen LogP contribution in [0.25, 0.3) is 0 Å². The second-order valence-corrected chi connectivity index (χ2v) is 6.71. The molecule has 1 rings (SSSR count). The van der Waals surface area contributed by atoms with Gasteiger partial charge in [0, 0.05) is 12.0 Å². The molecule has 0 radical (unpaired) electrons. The third-order valence-electron chi connectivity index (χ3n) is 2.79. The summed E-state index contributed by atoms with van der Waals surface area (Å²) < 4.78 is 22.6. The van der Waals surface area contributed by atoms with Crippen molar-refractivity contribution in [3.05, 3.63) is 0 Å². The van der Waals surface area contributed by atoms with Crippen LogP contribution in [-0.4, -0.2) is 43.1 Å². The molecule has 7 heteroatoms. The van der Waals surface area contributed by atoms with E-state index in [0.717, 1.165) is 6.42 Å². The molecule has 0 aromatic heterocycles. The predicted molar refractivity (Wildman–Crippen MR) is 62.3 cm³/mol. The molecule has 16 heavy (non-hydrogen) atoms. The summed E-state index contributed by atoms with van der Waals surface area (Å²) in [7, 11) is -2.86. The van der Waals surface area contributed by atoms with Crippen LogP contribution in [0.4, 0.5) is 0 Å². The number of amidine groups is 1. The zero-order valence-corrected chi connectivity index (χ0v) is 10.3. The molecule has 0 saturated carbocycles. The van der Waals surface area contributed by atoms with Crippen molar-refractivity contribution in [2.45, 2.75) is 31.7 Å². The predicted octanol–water partition coefficient (Wildman–Crippen LogP) is -0.320. The Morgan fingerprint density at radius 2 is 2.31 bits per heavy atom. The van der Waals surface area contributed by atoms with E-state index < -0.39 is 9.84 Å². The maximum Gasteiger partial charge on any atom is 0.152 e. The largest absolute Gasteiger partial charge is 0.409 e. The van der Waals surface area contributed by atoms with Gasteiger partial charge in [-0.05, 0) is 26.3 Å². The highest BCUT2D eigenvalue weighted by Gasteiger charge is 2.37. The van der Waals surface area contributed by atoms with E-state index in [0.29, 0.717) is 19.4 Å². The molecular weight excluding hydrogens is 230 g/mol. The minimum Gasteiger partial charge on any atom is -0.409 e. The summed E-state index contributed by atoms with van der Waals surface area (Å²) in [6, 6.07) is 0. The lowest BCUT2D eigenvalue weighted by Gasteiger charge is -2.23. The Labute approximate surface area is 95.8 Å². The Hall–Kier alpha value is -0.820. The number of rotatable bonds is 5. The fourth-order valence-electron chi connectivity index (χ4n) is 1.86. The lowest BCUT2D eigenvalue weighted by Crippen LogP contribution is -2.44. The number of nitrogens with one attached hydrogen (secondary N) is 1. The van der Waals surface area contributed by atoms with Crippen molar-refractivity contribution >= 4 is 15.7 Å². The number of oxime groups is 1. The number of hydrogen-bond acceptors (Lipinski definition) is 5. The summed E-state index contributed by atoms with van der Waals surface area (Å²) in [6.07, 6.45) is 1.89. The molecule has 0 bridgehead atoms. The Kier molecular flexibility index (Phi) is 4.15. The van der Waals surface area contributed by atoms with Crippen molar-refractivity contribution in [3.63, 3.8) is 0 Å². The van der Waals surface area contributed by atoms with Gasteiger partial charge in [0.15, 0.2) is 9.84 Å². The van der Waals surface area contributed by atoms with Crippen LogP contribution < -0.4 is 11.1 Å². The highest BCUT2D eigenvalue weighted by atomic mass is 32.2. The lowest BCUT2D eigenvalue weighted by molar-refractivity contribution is 0.316. The van der Waals surface area contributed by atoms with E-state index in [1.54, 1.807) is 0 Å². The average molecular weight is 249 g/mol. The van der Waals surface area contributed by atoms with Crippen LogP contribution in [0.1, 0.15) is 26.2 Å².